The molecule has 0 saturated carbocycles. The van der Waals surface area contributed by atoms with Crippen molar-refractivity contribution in [1.29, 1.82) is 0 Å². The molecule has 1 atom stereocenters. The first-order valence-electron chi connectivity index (χ1n) is 11.4. The van der Waals surface area contributed by atoms with E-state index in [4.69, 9.17) is 14.5 Å². The topological polar surface area (TPSA) is 51.6 Å². The van der Waals surface area contributed by atoms with Crippen LogP contribution in [0.1, 0.15) is 56.0 Å². The van der Waals surface area contributed by atoms with Gasteiger partial charge in [0.05, 0.1) is 11.4 Å². The van der Waals surface area contributed by atoms with Crippen molar-refractivity contribution in [3.63, 3.8) is 0 Å². The monoisotopic (exact) mass is 443 g/mol. The molecule has 0 fully saturated rings. The van der Waals surface area contributed by atoms with Crippen molar-refractivity contribution < 1.29 is 14.6 Å². The summed E-state index contributed by atoms with van der Waals surface area (Å²) in [6.45, 7) is 13.7. The van der Waals surface area contributed by atoms with E-state index in [0.29, 0.717) is 5.75 Å². The number of allylic oxidation sites excluding steroid dienone is 1. The SMILES string of the molecule is C=C(O)COc1ccc(OC(CCCC)c2cccc(-c3ccc(C(=C)C)cc3)n2)cc1C. The summed E-state index contributed by atoms with van der Waals surface area (Å²) >= 11 is 0. The summed E-state index contributed by atoms with van der Waals surface area (Å²) in [4.78, 5) is 4.95. The number of rotatable bonds is 11. The van der Waals surface area contributed by atoms with Gasteiger partial charge in [0.15, 0.2) is 0 Å². The van der Waals surface area contributed by atoms with Gasteiger partial charge in [-0.3, -0.25) is 0 Å². The molecule has 3 aromatic rings. The minimum Gasteiger partial charge on any atom is -0.509 e. The molecule has 3 rings (SSSR count). The predicted octanol–water partition coefficient (Wildman–Crippen LogP) is 7.85. The third kappa shape index (κ3) is 6.72. The van der Waals surface area contributed by atoms with Crippen molar-refractivity contribution in [3.8, 4) is 22.8 Å². The molecule has 0 spiro atoms. The van der Waals surface area contributed by atoms with Crippen LogP contribution < -0.4 is 9.47 Å². The highest BCUT2D eigenvalue weighted by molar-refractivity contribution is 5.66. The smallest absolute Gasteiger partial charge is 0.144 e. The lowest BCUT2D eigenvalue weighted by Gasteiger charge is -2.20. The molecule has 4 nitrogen and oxygen atoms in total. The second kappa shape index (κ2) is 11.4. The van der Waals surface area contributed by atoms with E-state index < -0.39 is 0 Å². The van der Waals surface area contributed by atoms with Gasteiger partial charge in [-0.05, 0) is 68.1 Å². The van der Waals surface area contributed by atoms with Gasteiger partial charge < -0.3 is 14.6 Å². The van der Waals surface area contributed by atoms with E-state index in [9.17, 15) is 5.11 Å². The zero-order valence-electron chi connectivity index (χ0n) is 19.8. The second-order valence-electron chi connectivity index (χ2n) is 8.34. The molecule has 2 aromatic carbocycles. The van der Waals surface area contributed by atoms with Crippen LogP contribution in [-0.2, 0) is 0 Å². The Bertz CT molecular complexity index is 1100. The number of hydrogen-bond acceptors (Lipinski definition) is 4. The van der Waals surface area contributed by atoms with Crippen LogP contribution in [0.5, 0.6) is 11.5 Å². The molecule has 0 radical (unpaired) electrons. The molecular formula is C29H33NO3. The maximum absolute atomic E-state index is 9.27. The maximum atomic E-state index is 9.27. The molecule has 1 unspecified atom stereocenters. The Labute approximate surface area is 197 Å². The molecule has 1 N–H and O–H groups in total. The van der Waals surface area contributed by atoms with Gasteiger partial charge >= 0.3 is 0 Å². The predicted molar refractivity (Wildman–Crippen MR) is 136 cm³/mol. The van der Waals surface area contributed by atoms with E-state index in [0.717, 1.165) is 58.7 Å². The Morgan fingerprint density at radius 1 is 1.06 bits per heavy atom. The fraction of sp³-hybridized carbons (Fsp3) is 0.276. The molecule has 172 valence electrons. The molecule has 1 heterocycles. The Morgan fingerprint density at radius 3 is 2.45 bits per heavy atom. The van der Waals surface area contributed by atoms with Crippen LogP contribution in [0, 0.1) is 6.92 Å². The Morgan fingerprint density at radius 2 is 1.82 bits per heavy atom. The maximum Gasteiger partial charge on any atom is 0.144 e. The molecule has 0 aliphatic rings. The number of pyridine rings is 1. The molecular weight excluding hydrogens is 410 g/mol. The number of ether oxygens (including phenoxy) is 2. The first kappa shape index (κ1) is 24.1. The van der Waals surface area contributed by atoms with Crippen LogP contribution in [0.25, 0.3) is 16.8 Å². The fourth-order valence-electron chi connectivity index (χ4n) is 3.56. The Kier molecular flexibility index (Phi) is 8.31. The third-order valence-electron chi connectivity index (χ3n) is 5.41. The number of nitrogens with zero attached hydrogens (tertiary/aromatic N) is 1. The zero-order valence-corrected chi connectivity index (χ0v) is 19.8. The molecule has 4 heteroatoms. The highest BCUT2D eigenvalue weighted by atomic mass is 16.5. The molecule has 1 aromatic heterocycles. The normalized spacial score (nSPS) is 11.6. The first-order valence-corrected chi connectivity index (χ1v) is 11.4. The fourth-order valence-corrected chi connectivity index (χ4v) is 3.56. The summed E-state index contributed by atoms with van der Waals surface area (Å²) < 4.78 is 12.0. The number of hydrogen-bond donors (Lipinski definition) is 1. The zero-order chi connectivity index (χ0) is 23.8. The standard InChI is InChI=1S/C29H33NO3/c1-6-7-11-29(33-25-16-17-28(21(4)18-25)32-19-22(5)31)27-10-8-9-26(30-27)24-14-12-23(13-15-24)20(2)3/h8-10,12-18,29,31H,2,5-7,11,19H2,1,3-4H3. The van der Waals surface area contributed by atoms with Crippen LogP contribution >= 0.6 is 0 Å². The van der Waals surface area contributed by atoms with E-state index >= 15 is 0 Å². The van der Waals surface area contributed by atoms with E-state index in [1.165, 1.54) is 0 Å². The van der Waals surface area contributed by atoms with E-state index in [2.05, 4.69) is 44.3 Å². The molecule has 0 aliphatic heterocycles. The Balaban J connectivity index is 1.83. The molecule has 0 bridgehead atoms. The van der Waals surface area contributed by atoms with Crippen molar-refractivity contribution in [2.45, 2.75) is 46.1 Å². The van der Waals surface area contributed by atoms with Gasteiger partial charge in [0.1, 0.15) is 30.0 Å². The van der Waals surface area contributed by atoms with Gasteiger partial charge in [0, 0.05) is 5.56 Å². The van der Waals surface area contributed by atoms with Crippen LogP contribution in [0.2, 0.25) is 0 Å². The van der Waals surface area contributed by atoms with Gasteiger partial charge in [-0.1, -0.05) is 62.4 Å². The summed E-state index contributed by atoms with van der Waals surface area (Å²) in [5.41, 5.74) is 6.02. The van der Waals surface area contributed by atoms with Crippen molar-refractivity contribution >= 4 is 5.57 Å². The van der Waals surface area contributed by atoms with E-state index in [1.807, 2.05) is 50.2 Å². The summed E-state index contributed by atoms with van der Waals surface area (Å²) in [5, 5.41) is 9.27. The van der Waals surface area contributed by atoms with Gasteiger partial charge in [-0.25, -0.2) is 4.98 Å². The van der Waals surface area contributed by atoms with Crippen LogP contribution in [0.3, 0.4) is 0 Å². The highest BCUT2D eigenvalue weighted by Gasteiger charge is 2.16. The van der Waals surface area contributed by atoms with E-state index in [1.54, 1.807) is 0 Å². The quantitative estimate of drug-likeness (QED) is 0.307. The lowest BCUT2D eigenvalue weighted by Crippen LogP contribution is -2.10. The Hall–Kier alpha value is -3.53. The van der Waals surface area contributed by atoms with Gasteiger partial charge in [0.2, 0.25) is 0 Å². The van der Waals surface area contributed by atoms with Crippen LogP contribution in [-0.4, -0.2) is 16.7 Å². The number of benzene rings is 2. The molecule has 0 aliphatic carbocycles. The summed E-state index contributed by atoms with van der Waals surface area (Å²) in [6, 6.07) is 20.1. The minimum atomic E-state index is -0.150. The number of aliphatic hydroxyl groups is 1. The van der Waals surface area contributed by atoms with E-state index in [-0.39, 0.29) is 18.5 Å². The van der Waals surface area contributed by atoms with Gasteiger partial charge in [-0.2, -0.15) is 0 Å². The van der Waals surface area contributed by atoms with Gasteiger partial charge in [0.25, 0.3) is 0 Å². The summed E-state index contributed by atoms with van der Waals surface area (Å²) in [5.74, 6) is 1.46. The van der Waals surface area contributed by atoms with Crippen molar-refractivity contribution in [1.82, 2.24) is 4.98 Å². The van der Waals surface area contributed by atoms with Crippen molar-refractivity contribution in [3.05, 3.63) is 96.4 Å². The minimum absolute atomic E-state index is 0.00502. The van der Waals surface area contributed by atoms with Gasteiger partial charge in [-0.15, -0.1) is 0 Å². The number of unbranched alkanes of at least 4 members (excludes halogenated alkanes) is 1. The van der Waals surface area contributed by atoms with Crippen molar-refractivity contribution in [2.75, 3.05) is 6.61 Å². The lowest BCUT2D eigenvalue weighted by atomic mass is 10.0. The largest absolute Gasteiger partial charge is 0.509 e. The van der Waals surface area contributed by atoms with Crippen LogP contribution in [0.4, 0.5) is 0 Å². The molecule has 0 amide bonds. The average Bonchev–Trinajstić information content (AvgIpc) is 2.81. The summed E-state index contributed by atoms with van der Waals surface area (Å²) in [7, 11) is 0. The molecule has 0 saturated heterocycles. The second-order valence-corrected chi connectivity index (χ2v) is 8.34. The lowest BCUT2D eigenvalue weighted by molar-refractivity contribution is 0.186. The first-order chi connectivity index (χ1) is 15.9. The molecule has 33 heavy (non-hydrogen) atoms. The third-order valence-corrected chi connectivity index (χ3v) is 5.41. The highest BCUT2D eigenvalue weighted by Crippen LogP contribution is 2.31. The average molecular weight is 444 g/mol. The summed E-state index contributed by atoms with van der Waals surface area (Å²) in [6.07, 6.45) is 2.85. The number of aryl methyl sites for hydroxylation is 1. The van der Waals surface area contributed by atoms with Crippen molar-refractivity contribution in [2.24, 2.45) is 0 Å². The van der Waals surface area contributed by atoms with Crippen LogP contribution in [0.15, 0.2) is 79.6 Å². The number of aromatic nitrogens is 1. The number of aliphatic hydroxyl groups excluding tert-OH is 1.